The monoisotopic (exact) mass is 217 g/mol. The van der Waals surface area contributed by atoms with Gasteiger partial charge in [-0.25, -0.2) is 4.79 Å². The maximum atomic E-state index is 11.4. The Balaban J connectivity index is 2.90. The third kappa shape index (κ3) is 1.48. The van der Waals surface area contributed by atoms with Gasteiger partial charge in [0.05, 0.1) is 5.56 Å². The predicted molar refractivity (Wildman–Crippen MR) is 60.0 cm³/mol. The normalized spacial score (nSPS) is 10.6. The van der Waals surface area contributed by atoms with Gasteiger partial charge in [0, 0.05) is 22.7 Å². The fourth-order valence-corrected chi connectivity index (χ4v) is 1.86. The molecule has 1 aromatic carbocycles. The molecule has 0 atom stereocenters. The Labute approximate surface area is 91.9 Å². The van der Waals surface area contributed by atoms with Crippen molar-refractivity contribution in [2.45, 2.75) is 13.8 Å². The number of aromatic carboxylic acids is 1. The number of aryl methyl sites for hydroxylation is 1. The van der Waals surface area contributed by atoms with Crippen molar-refractivity contribution in [1.29, 1.82) is 0 Å². The van der Waals surface area contributed by atoms with E-state index in [4.69, 9.17) is 5.11 Å². The van der Waals surface area contributed by atoms with E-state index in [1.807, 2.05) is 13.0 Å². The number of nitrogens with one attached hydrogen (secondary N) is 1. The lowest BCUT2D eigenvalue weighted by Gasteiger charge is -2.02. The summed E-state index contributed by atoms with van der Waals surface area (Å²) in [7, 11) is 0. The molecule has 0 amide bonds. The van der Waals surface area contributed by atoms with Crippen molar-refractivity contribution in [2.75, 3.05) is 0 Å². The molecule has 1 aromatic heterocycles. The Kier molecular flexibility index (Phi) is 2.27. The zero-order chi connectivity index (χ0) is 11.9. The van der Waals surface area contributed by atoms with Crippen LogP contribution in [0.1, 0.15) is 33.2 Å². The smallest absolute Gasteiger partial charge is 0.336 e. The van der Waals surface area contributed by atoms with Crippen molar-refractivity contribution >= 4 is 22.7 Å². The van der Waals surface area contributed by atoms with Gasteiger partial charge >= 0.3 is 5.97 Å². The van der Waals surface area contributed by atoms with Crippen LogP contribution in [0.4, 0.5) is 0 Å². The van der Waals surface area contributed by atoms with E-state index < -0.39 is 5.97 Å². The SMILES string of the molecule is CC(=O)c1c[nH]c2cc(C)cc(C(=O)O)c12. The highest BCUT2D eigenvalue weighted by molar-refractivity contribution is 6.14. The molecule has 0 saturated heterocycles. The fourth-order valence-electron chi connectivity index (χ4n) is 1.86. The number of carbonyl (C=O) groups is 2. The second-order valence-corrected chi connectivity index (χ2v) is 3.80. The summed E-state index contributed by atoms with van der Waals surface area (Å²) in [6, 6.07) is 3.40. The zero-order valence-electron chi connectivity index (χ0n) is 9.00. The predicted octanol–water partition coefficient (Wildman–Crippen LogP) is 2.38. The number of Topliss-reactive ketones (excluding diaryl/α,β-unsaturated/α-hetero) is 1. The first-order valence-corrected chi connectivity index (χ1v) is 4.86. The quantitative estimate of drug-likeness (QED) is 0.758. The molecule has 0 saturated carbocycles. The second kappa shape index (κ2) is 3.48. The summed E-state index contributed by atoms with van der Waals surface area (Å²) in [4.78, 5) is 25.4. The number of ketones is 1. The van der Waals surface area contributed by atoms with Gasteiger partial charge in [-0.15, -0.1) is 0 Å². The van der Waals surface area contributed by atoms with Gasteiger partial charge < -0.3 is 10.1 Å². The van der Waals surface area contributed by atoms with Gasteiger partial charge in [0.1, 0.15) is 0 Å². The third-order valence-corrected chi connectivity index (χ3v) is 2.53. The zero-order valence-corrected chi connectivity index (χ0v) is 9.00. The van der Waals surface area contributed by atoms with Gasteiger partial charge in [0.25, 0.3) is 0 Å². The molecule has 0 aliphatic rings. The molecule has 4 heteroatoms. The number of aromatic nitrogens is 1. The Hall–Kier alpha value is -2.10. The number of carbonyl (C=O) groups excluding carboxylic acids is 1. The van der Waals surface area contributed by atoms with E-state index in [0.29, 0.717) is 16.5 Å². The molecule has 16 heavy (non-hydrogen) atoms. The Morgan fingerprint density at radius 3 is 2.50 bits per heavy atom. The molecule has 0 fully saturated rings. The largest absolute Gasteiger partial charge is 0.478 e. The molecule has 2 aromatic rings. The first kappa shape index (κ1) is 10.4. The highest BCUT2D eigenvalue weighted by atomic mass is 16.4. The molecular weight excluding hydrogens is 206 g/mol. The molecule has 2 rings (SSSR count). The van der Waals surface area contributed by atoms with Crippen molar-refractivity contribution in [3.63, 3.8) is 0 Å². The van der Waals surface area contributed by atoms with Gasteiger partial charge in [0.15, 0.2) is 5.78 Å². The summed E-state index contributed by atoms with van der Waals surface area (Å²) in [6.07, 6.45) is 1.55. The van der Waals surface area contributed by atoms with Crippen molar-refractivity contribution < 1.29 is 14.7 Å². The van der Waals surface area contributed by atoms with E-state index in [-0.39, 0.29) is 11.3 Å². The summed E-state index contributed by atoms with van der Waals surface area (Å²) >= 11 is 0. The molecule has 82 valence electrons. The summed E-state index contributed by atoms with van der Waals surface area (Å²) in [5.41, 5.74) is 2.12. The van der Waals surface area contributed by atoms with Gasteiger partial charge in [-0.1, -0.05) is 0 Å². The highest BCUT2D eigenvalue weighted by Gasteiger charge is 2.16. The van der Waals surface area contributed by atoms with Crippen LogP contribution in [0.2, 0.25) is 0 Å². The van der Waals surface area contributed by atoms with Crippen LogP contribution < -0.4 is 0 Å². The molecule has 1 heterocycles. The van der Waals surface area contributed by atoms with Crippen LogP contribution in [0, 0.1) is 6.92 Å². The van der Waals surface area contributed by atoms with Gasteiger partial charge in [0.2, 0.25) is 0 Å². The number of carboxylic acid groups (broad SMARTS) is 1. The van der Waals surface area contributed by atoms with Crippen LogP contribution >= 0.6 is 0 Å². The third-order valence-electron chi connectivity index (χ3n) is 2.53. The number of hydrogen-bond acceptors (Lipinski definition) is 2. The summed E-state index contributed by atoms with van der Waals surface area (Å²) < 4.78 is 0. The lowest BCUT2D eigenvalue weighted by Crippen LogP contribution is -2.00. The number of benzene rings is 1. The second-order valence-electron chi connectivity index (χ2n) is 3.80. The molecule has 0 radical (unpaired) electrons. The van der Waals surface area contributed by atoms with Gasteiger partial charge in [-0.3, -0.25) is 4.79 Å². The molecule has 4 nitrogen and oxygen atoms in total. The van der Waals surface area contributed by atoms with Crippen molar-refractivity contribution in [3.05, 3.63) is 35.0 Å². The molecule has 2 N–H and O–H groups in total. The standard InChI is InChI=1S/C12H11NO3/c1-6-3-8(12(15)16)11-9(7(2)14)5-13-10(11)4-6/h3-5,13H,1-2H3,(H,15,16). The average molecular weight is 217 g/mol. The van der Waals surface area contributed by atoms with E-state index in [2.05, 4.69) is 4.98 Å². The number of rotatable bonds is 2. The lowest BCUT2D eigenvalue weighted by atomic mass is 10.0. The topological polar surface area (TPSA) is 70.2 Å². The maximum Gasteiger partial charge on any atom is 0.336 e. The average Bonchev–Trinajstić information content (AvgIpc) is 2.59. The minimum atomic E-state index is -1.02. The summed E-state index contributed by atoms with van der Waals surface area (Å²) in [5.74, 6) is -1.16. The molecule has 0 aliphatic carbocycles. The molecule has 0 aliphatic heterocycles. The van der Waals surface area contributed by atoms with Gasteiger partial charge in [-0.2, -0.15) is 0 Å². The number of H-pyrrole nitrogens is 1. The van der Waals surface area contributed by atoms with Crippen molar-refractivity contribution in [2.24, 2.45) is 0 Å². The van der Waals surface area contributed by atoms with Crippen LogP contribution in [0.25, 0.3) is 10.9 Å². The van der Waals surface area contributed by atoms with Crippen LogP contribution in [-0.4, -0.2) is 21.8 Å². The Bertz CT molecular complexity index is 596. The van der Waals surface area contributed by atoms with E-state index in [1.165, 1.54) is 6.92 Å². The fraction of sp³-hybridized carbons (Fsp3) is 0.167. The summed E-state index contributed by atoms with van der Waals surface area (Å²) in [5, 5.41) is 9.60. The highest BCUT2D eigenvalue weighted by Crippen LogP contribution is 2.24. The van der Waals surface area contributed by atoms with E-state index in [0.717, 1.165) is 5.56 Å². The minimum Gasteiger partial charge on any atom is -0.478 e. The van der Waals surface area contributed by atoms with Crippen molar-refractivity contribution in [3.8, 4) is 0 Å². The maximum absolute atomic E-state index is 11.4. The first-order chi connectivity index (χ1) is 7.50. The van der Waals surface area contributed by atoms with E-state index in [9.17, 15) is 9.59 Å². The van der Waals surface area contributed by atoms with Crippen molar-refractivity contribution in [1.82, 2.24) is 4.98 Å². The minimum absolute atomic E-state index is 0.141. The lowest BCUT2D eigenvalue weighted by molar-refractivity contribution is 0.0699. The molecular formula is C12H11NO3. The number of carboxylic acids is 1. The van der Waals surface area contributed by atoms with Crippen LogP contribution in [0.3, 0.4) is 0 Å². The Morgan fingerprint density at radius 2 is 1.94 bits per heavy atom. The molecule has 0 bridgehead atoms. The Morgan fingerprint density at radius 1 is 1.25 bits per heavy atom. The molecule has 0 unspecified atom stereocenters. The number of aromatic amines is 1. The number of hydrogen-bond donors (Lipinski definition) is 2. The van der Waals surface area contributed by atoms with E-state index >= 15 is 0 Å². The van der Waals surface area contributed by atoms with Crippen LogP contribution in [0.15, 0.2) is 18.3 Å². The summed E-state index contributed by atoms with van der Waals surface area (Å²) in [6.45, 7) is 3.24. The first-order valence-electron chi connectivity index (χ1n) is 4.86. The van der Waals surface area contributed by atoms with Crippen LogP contribution in [0.5, 0.6) is 0 Å². The van der Waals surface area contributed by atoms with Gasteiger partial charge in [-0.05, 0) is 31.5 Å². The number of fused-ring (bicyclic) bond motifs is 1. The van der Waals surface area contributed by atoms with Crippen LogP contribution in [-0.2, 0) is 0 Å². The van der Waals surface area contributed by atoms with E-state index in [1.54, 1.807) is 12.3 Å². The molecule has 0 spiro atoms.